The van der Waals surface area contributed by atoms with Gasteiger partial charge >= 0.3 is 0 Å². The Balaban J connectivity index is 2.21. The molecular formula is C14H29N3O2. The highest BCUT2D eigenvalue weighted by Gasteiger charge is 2.18. The number of hydrogen-bond donors (Lipinski definition) is 1. The Kier molecular flexibility index (Phi) is 8.79. The molecule has 112 valence electrons. The molecule has 1 aliphatic rings. The highest BCUT2D eigenvalue weighted by atomic mass is 16.5. The summed E-state index contributed by atoms with van der Waals surface area (Å²) in [6.45, 7) is 6.32. The van der Waals surface area contributed by atoms with E-state index in [1.54, 1.807) is 7.11 Å². The first kappa shape index (κ1) is 16.4. The maximum absolute atomic E-state index is 11.9. The Morgan fingerprint density at radius 1 is 1.16 bits per heavy atom. The van der Waals surface area contributed by atoms with Crippen molar-refractivity contribution in [1.82, 2.24) is 9.80 Å². The van der Waals surface area contributed by atoms with Crippen LogP contribution in [0, 0.1) is 0 Å². The maximum Gasteiger partial charge on any atom is 0.224 e. The molecule has 5 heteroatoms. The van der Waals surface area contributed by atoms with Crippen molar-refractivity contribution in [2.24, 2.45) is 5.73 Å². The second-order valence-corrected chi connectivity index (χ2v) is 5.17. The van der Waals surface area contributed by atoms with Gasteiger partial charge in [-0.25, -0.2) is 0 Å². The van der Waals surface area contributed by atoms with Crippen LogP contribution in [-0.4, -0.2) is 68.7 Å². The lowest BCUT2D eigenvalue weighted by Gasteiger charge is -2.22. The van der Waals surface area contributed by atoms with E-state index < -0.39 is 0 Å². The number of carbonyl (C=O) groups excluding carboxylic acids is 1. The van der Waals surface area contributed by atoms with Gasteiger partial charge in [0.05, 0.1) is 13.0 Å². The average molecular weight is 271 g/mol. The van der Waals surface area contributed by atoms with Crippen LogP contribution in [0.25, 0.3) is 0 Å². The van der Waals surface area contributed by atoms with Crippen molar-refractivity contribution in [2.45, 2.75) is 32.1 Å². The van der Waals surface area contributed by atoms with Crippen LogP contribution >= 0.6 is 0 Å². The van der Waals surface area contributed by atoms with Crippen LogP contribution in [0.1, 0.15) is 32.1 Å². The number of nitrogens with zero attached hydrogens (tertiary/aromatic N) is 2. The summed E-state index contributed by atoms with van der Waals surface area (Å²) in [5, 5.41) is 0. The molecule has 0 saturated carbocycles. The van der Waals surface area contributed by atoms with Crippen LogP contribution in [0.15, 0.2) is 0 Å². The summed E-state index contributed by atoms with van der Waals surface area (Å²) in [6, 6.07) is 0. The molecule has 0 unspecified atom stereocenters. The van der Waals surface area contributed by atoms with Crippen molar-refractivity contribution in [3.8, 4) is 0 Å². The lowest BCUT2D eigenvalue weighted by atomic mass is 10.2. The van der Waals surface area contributed by atoms with Gasteiger partial charge < -0.3 is 20.3 Å². The van der Waals surface area contributed by atoms with Crippen LogP contribution in [0.5, 0.6) is 0 Å². The third-order valence-electron chi connectivity index (χ3n) is 3.64. The molecule has 1 rings (SSSR count). The zero-order chi connectivity index (χ0) is 13.9. The Morgan fingerprint density at radius 2 is 2.00 bits per heavy atom. The molecule has 2 N–H and O–H groups in total. The number of rotatable bonds is 8. The smallest absolute Gasteiger partial charge is 0.224 e. The number of methoxy groups -OCH3 is 1. The SMILES string of the molecule is COCCC(=O)N1CCCN(CCCCCN)CC1. The molecule has 19 heavy (non-hydrogen) atoms. The summed E-state index contributed by atoms with van der Waals surface area (Å²) in [5.74, 6) is 0.229. The highest BCUT2D eigenvalue weighted by Crippen LogP contribution is 2.07. The zero-order valence-corrected chi connectivity index (χ0v) is 12.3. The number of nitrogens with two attached hydrogens (primary N) is 1. The summed E-state index contributed by atoms with van der Waals surface area (Å²) in [5.41, 5.74) is 5.50. The van der Waals surface area contributed by atoms with Crippen molar-refractivity contribution < 1.29 is 9.53 Å². The molecule has 1 saturated heterocycles. The maximum atomic E-state index is 11.9. The second kappa shape index (κ2) is 10.2. The summed E-state index contributed by atoms with van der Waals surface area (Å²) >= 11 is 0. The van der Waals surface area contributed by atoms with Crippen LogP contribution in [0.3, 0.4) is 0 Å². The Hall–Kier alpha value is -0.650. The fourth-order valence-electron chi connectivity index (χ4n) is 2.45. The number of hydrogen-bond acceptors (Lipinski definition) is 4. The normalized spacial score (nSPS) is 17.5. The highest BCUT2D eigenvalue weighted by molar-refractivity contribution is 5.76. The van der Waals surface area contributed by atoms with Crippen molar-refractivity contribution in [3.63, 3.8) is 0 Å². The fourth-order valence-corrected chi connectivity index (χ4v) is 2.45. The van der Waals surface area contributed by atoms with Gasteiger partial charge in [0, 0.05) is 26.7 Å². The average Bonchev–Trinajstić information content (AvgIpc) is 2.66. The zero-order valence-electron chi connectivity index (χ0n) is 12.3. The summed E-state index contributed by atoms with van der Waals surface area (Å²) in [4.78, 5) is 16.4. The lowest BCUT2D eigenvalue weighted by Crippen LogP contribution is -2.35. The molecule has 1 aliphatic heterocycles. The molecule has 0 aromatic rings. The monoisotopic (exact) mass is 271 g/mol. The van der Waals surface area contributed by atoms with Crippen LogP contribution in [0.2, 0.25) is 0 Å². The van der Waals surface area contributed by atoms with Gasteiger partial charge in [0.15, 0.2) is 0 Å². The fraction of sp³-hybridized carbons (Fsp3) is 0.929. The number of unbranched alkanes of at least 4 members (excludes halogenated alkanes) is 2. The van der Waals surface area contributed by atoms with Gasteiger partial charge in [0.1, 0.15) is 0 Å². The van der Waals surface area contributed by atoms with Crippen molar-refractivity contribution in [1.29, 1.82) is 0 Å². The van der Waals surface area contributed by atoms with Crippen molar-refractivity contribution >= 4 is 5.91 Å². The molecule has 0 bridgehead atoms. The molecule has 0 radical (unpaired) electrons. The summed E-state index contributed by atoms with van der Waals surface area (Å²) in [7, 11) is 1.64. The molecule has 0 aromatic carbocycles. The largest absolute Gasteiger partial charge is 0.384 e. The molecule has 1 heterocycles. The molecule has 0 spiro atoms. The van der Waals surface area contributed by atoms with E-state index in [4.69, 9.17) is 10.5 Å². The van der Waals surface area contributed by atoms with Gasteiger partial charge in [-0.3, -0.25) is 4.79 Å². The van der Waals surface area contributed by atoms with E-state index in [-0.39, 0.29) is 5.91 Å². The molecule has 0 atom stereocenters. The molecule has 1 fully saturated rings. The molecule has 0 aliphatic carbocycles. The summed E-state index contributed by atoms with van der Waals surface area (Å²) in [6.07, 6.45) is 5.14. The topological polar surface area (TPSA) is 58.8 Å². The Labute approximate surface area is 117 Å². The molecule has 1 amide bonds. The van der Waals surface area contributed by atoms with E-state index in [0.717, 1.165) is 52.1 Å². The van der Waals surface area contributed by atoms with Gasteiger partial charge in [-0.1, -0.05) is 6.42 Å². The minimum Gasteiger partial charge on any atom is -0.384 e. The molecule has 5 nitrogen and oxygen atoms in total. The minimum atomic E-state index is 0.229. The third kappa shape index (κ3) is 6.89. The minimum absolute atomic E-state index is 0.229. The van der Waals surface area contributed by atoms with Gasteiger partial charge in [-0.05, 0) is 38.9 Å². The molecular weight excluding hydrogens is 242 g/mol. The second-order valence-electron chi connectivity index (χ2n) is 5.17. The summed E-state index contributed by atoms with van der Waals surface area (Å²) < 4.78 is 4.96. The Bertz CT molecular complexity index is 249. The number of carbonyl (C=O) groups is 1. The first-order valence-electron chi connectivity index (χ1n) is 7.47. The van der Waals surface area contributed by atoms with Gasteiger partial charge in [-0.15, -0.1) is 0 Å². The first-order chi connectivity index (χ1) is 9.27. The van der Waals surface area contributed by atoms with Crippen LogP contribution < -0.4 is 5.73 Å². The van der Waals surface area contributed by atoms with E-state index in [1.165, 1.54) is 12.8 Å². The van der Waals surface area contributed by atoms with E-state index in [2.05, 4.69) is 4.90 Å². The van der Waals surface area contributed by atoms with E-state index in [1.807, 2.05) is 4.90 Å². The number of amides is 1. The van der Waals surface area contributed by atoms with Crippen molar-refractivity contribution in [3.05, 3.63) is 0 Å². The predicted octanol–water partition coefficient (Wildman–Crippen LogP) is 0.686. The van der Waals surface area contributed by atoms with E-state index >= 15 is 0 Å². The standard InChI is InChI=1S/C14H29N3O2/c1-19-13-6-14(18)17-10-5-9-16(11-12-17)8-4-2-3-7-15/h2-13,15H2,1H3. The van der Waals surface area contributed by atoms with Gasteiger partial charge in [-0.2, -0.15) is 0 Å². The van der Waals surface area contributed by atoms with Crippen LogP contribution in [0.4, 0.5) is 0 Å². The Morgan fingerprint density at radius 3 is 2.74 bits per heavy atom. The lowest BCUT2D eigenvalue weighted by molar-refractivity contribution is -0.132. The predicted molar refractivity (Wildman–Crippen MR) is 77.0 cm³/mol. The quantitative estimate of drug-likeness (QED) is 0.660. The van der Waals surface area contributed by atoms with Crippen molar-refractivity contribution in [2.75, 3.05) is 53.0 Å². The van der Waals surface area contributed by atoms with E-state index in [9.17, 15) is 4.79 Å². The van der Waals surface area contributed by atoms with Gasteiger partial charge in [0.25, 0.3) is 0 Å². The molecule has 0 aromatic heterocycles. The van der Waals surface area contributed by atoms with Gasteiger partial charge in [0.2, 0.25) is 5.91 Å². The van der Waals surface area contributed by atoms with E-state index in [0.29, 0.717) is 13.0 Å². The third-order valence-corrected chi connectivity index (χ3v) is 3.64. The number of ether oxygens (including phenoxy) is 1. The van der Waals surface area contributed by atoms with Crippen LogP contribution in [-0.2, 0) is 9.53 Å². The first-order valence-corrected chi connectivity index (χ1v) is 7.47.